The molecule has 2 nitrogen and oxygen atoms in total. The van der Waals surface area contributed by atoms with Gasteiger partial charge in [0.2, 0.25) is 0 Å². The van der Waals surface area contributed by atoms with Gasteiger partial charge in [0.25, 0.3) is 0 Å². The van der Waals surface area contributed by atoms with E-state index in [0.29, 0.717) is 0 Å². The Labute approximate surface area is 125 Å². The van der Waals surface area contributed by atoms with Crippen LogP contribution < -0.4 is 0 Å². The fourth-order valence-electron chi connectivity index (χ4n) is 2.47. The summed E-state index contributed by atoms with van der Waals surface area (Å²) in [6.45, 7) is 1.74. The lowest BCUT2D eigenvalue weighted by Gasteiger charge is -2.15. The fourth-order valence-corrected chi connectivity index (χ4v) is 2.47. The summed E-state index contributed by atoms with van der Waals surface area (Å²) in [6, 6.07) is 23.2. The topological polar surface area (TPSA) is 16.4 Å². The molecule has 2 aromatic carbocycles. The summed E-state index contributed by atoms with van der Waals surface area (Å²) in [5.74, 6) is 0.999. The Kier molecular flexibility index (Phi) is 4.17. The molecule has 3 rings (SSSR count). The molecule has 21 heavy (non-hydrogen) atoms. The first kappa shape index (κ1) is 13.7. The summed E-state index contributed by atoms with van der Waals surface area (Å²) in [5, 5.41) is 0. The lowest BCUT2D eigenvalue weighted by Crippen LogP contribution is -2.16. The van der Waals surface area contributed by atoms with E-state index in [4.69, 9.17) is 4.42 Å². The number of rotatable bonds is 5. The lowest BCUT2D eigenvalue weighted by atomic mass is 10.0. The monoisotopic (exact) mass is 277 g/mol. The van der Waals surface area contributed by atoms with Crippen LogP contribution in [-0.2, 0) is 13.1 Å². The van der Waals surface area contributed by atoms with Crippen LogP contribution in [-0.4, -0.2) is 11.9 Å². The fraction of sp³-hybridized carbons (Fsp3) is 0.158. The SMILES string of the molecule is CN(Cc1ccc(-c2ccccc2)cc1)Cc1ccco1. The van der Waals surface area contributed by atoms with Crippen LogP contribution in [0.2, 0.25) is 0 Å². The quantitative estimate of drug-likeness (QED) is 0.678. The van der Waals surface area contributed by atoms with Gasteiger partial charge in [0.15, 0.2) is 0 Å². The van der Waals surface area contributed by atoms with Crippen LogP contribution in [0, 0.1) is 0 Å². The Morgan fingerprint density at radius 1 is 0.762 bits per heavy atom. The Morgan fingerprint density at radius 3 is 2.14 bits per heavy atom. The minimum atomic E-state index is 0.827. The molecule has 1 heterocycles. The molecule has 0 spiro atoms. The second-order valence-electron chi connectivity index (χ2n) is 5.31. The van der Waals surface area contributed by atoms with Gasteiger partial charge in [0.1, 0.15) is 5.76 Å². The third-order valence-electron chi connectivity index (χ3n) is 3.52. The first-order valence-corrected chi connectivity index (χ1v) is 7.16. The molecule has 0 aliphatic heterocycles. The molecule has 0 radical (unpaired) electrons. The minimum Gasteiger partial charge on any atom is -0.468 e. The maximum atomic E-state index is 5.38. The second-order valence-corrected chi connectivity index (χ2v) is 5.31. The molecular weight excluding hydrogens is 258 g/mol. The molecule has 0 saturated carbocycles. The molecular formula is C19H19NO. The smallest absolute Gasteiger partial charge is 0.117 e. The molecule has 0 N–H and O–H groups in total. The van der Waals surface area contributed by atoms with E-state index in [1.165, 1.54) is 16.7 Å². The summed E-state index contributed by atoms with van der Waals surface area (Å²) < 4.78 is 5.38. The predicted molar refractivity (Wildman–Crippen MR) is 85.8 cm³/mol. The van der Waals surface area contributed by atoms with Crippen molar-refractivity contribution in [2.75, 3.05) is 7.05 Å². The van der Waals surface area contributed by atoms with Crippen LogP contribution in [0.15, 0.2) is 77.4 Å². The van der Waals surface area contributed by atoms with Crippen molar-refractivity contribution < 1.29 is 4.42 Å². The van der Waals surface area contributed by atoms with E-state index in [0.717, 1.165) is 18.8 Å². The molecule has 0 atom stereocenters. The zero-order valence-corrected chi connectivity index (χ0v) is 12.2. The van der Waals surface area contributed by atoms with Crippen molar-refractivity contribution in [3.05, 3.63) is 84.3 Å². The van der Waals surface area contributed by atoms with Gasteiger partial charge in [-0.3, -0.25) is 4.90 Å². The summed E-state index contributed by atoms with van der Waals surface area (Å²) >= 11 is 0. The summed E-state index contributed by atoms with van der Waals surface area (Å²) in [4.78, 5) is 2.25. The van der Waals surface area contributed by atoms with E-state index in [9.17, 15) is 0 Å². The zero-order valence-electron chi connectivity index (χ0n) is 12.2. The standard InChI is InChI=1S/C19H19NO/c1-20(15-19-8-5-13-21-19)14-16-9-11-18(12-10-16)17-6-3-2-4-7-17/h2-13H,14-15H2,1H3. The minimum absolute atomic E-state index is 0.827. The molecule has 1 aromatic heterocycles. The highest BCUT2D eigenvalue weighted by Gasteiger charge is 2.04. The normalized spacial score (nSPS) is 11.0. The van der Waals surface area contributed by atoms with E-state index in [-0.39, 0.29) is 0 Å². The Balaban J connectivity index is 1.64. The second kappa shape index (κ2) is 6.42. The van der Waals surface area contributed by atoms with E-state index < -0.39 is 0 Å². The first-order chi connectivity index (χ1) is 10.3. The van der Waals surface area contributed by atoms with Crippen LogP contribution >= 0.6 is 0 Å². The molecule has 0 bridgehead atoms. The van der Waals surface area contributed by atoms with Crippen LogP contribution in [0.4, 0.5) is 0 Å². The molecule has 0 aliphatic rings. The third-order valence-corrected chi connectivity index (χ3v) is 3.52. The largest absolute Gasteiger partial charge is 0.468 e. The highest BCUT2D eigenvalue weighted by molar-refractivity contribution is 5.63. The first-order valence-electron chi connectivity index (χ1n) is 7.16. The van der Waals surface area contributed by atoms with E-state index in [1.54, 1.807) is 6.26 Å². The summed E-state index contributed by atoms with van der Waals surface area (Å²) in [5.41, 5.74) is 3.82. The van der Waals surface area contributed by atoms with Gasteiger partial charge in [-0.05, 0) is 35.9 Å². The number of furan rings is 1. The Bertz CT molecular complexity index is 657. The molecule has 0 unspecified atom stereocenters. The van der Waals surface area contributed by atoms with E-state index in [1.807, 2.05) is 18.2 Å². The highest BCUT2D eigenvalue weighted by atomic mass is 16.3. The number of hydrogen-bond donors (Lipinski definition) is 0. The lowest BCUT2D eigenvalue weighted by molar-refractivity contribution is 0.288. The molecule has 2 heteroatoms. The van der Waals surface area contributed by atoms with Gasteiger partial charge >= 0.3 is 0 Å². The molecule has 3 aromatic rings. The zero-order chi connectivity index (χ0) is 14.5. The number of benzene rings is 2. The van der Waals surface area contributed by atoms with Crippen molar-refractivity contribution >= 4 is 0 Å². The van der Waals surface area contributed by atoms with E-state index in [2.05, 4.69) is 60.5 Å². The predicted octanol–water partition coefficient (Wildman–Crippen LogP) is 4.58. The van der Waals surface area contributed by atoms with Gasteiger partial charge in [-0.15, -0.1) is 0 Å². The number of nitrogens with zero attached hydrogens (tertiary/aromatic N) is 1. The molecule has 0 saturated heterocycles. The van der Waals surface area contributed by atoms with E-state index >= 15 is 0 Å². The molecule has 106 valence electrons. The van der Waals surface area contributed by atoms with Gasteiger partial charge in [-0.25, -0.2) is 0 Å². The van der Waals surface area contributed by atoms with Crippen molar-refractivity contribution in [2.24, 2.45) is 0 Å². The van der Waals surface area contributed by atoms with Crippen molar-refractivity contribution in [3.8, 4) is 11.1 Å². The Morgan fingerprint density at radius 2 is 1.48 bits per heavy atom. The van der Waals surface area contributed by atoms with Gasteiger partial charge < -0.3 is 4.42 Å². The van der Waals surface area contributed by atoms with Gasteiger partial charge in [0, 0.05) is 6.54 Å². The van der Waals surface area contributed by atoms with Crippen molar-refractivity contribution in [2.45, 2.75) is 13.1 Å². The van der Waals surface area contributed by atoms with Crippen molar-refractivity contribution in [1.82, 2.24) is 4.90 Å². The van der Waals surface area contributed by atoms with Crippen molar-refractivity contribution in [1.29, 1.82) is 0 Å². The van der Waals surface area contributed by atoms with Gasteiger partial charge in [-0.1, -0.05) is 54.6 Å². The van der Waals surface area contributed by atoms with Crippen LogP contribution in [0.25, 0.3) is 11.1 Å². The van der Waals surface area contributed by atoms with Crippen molar-refractivity contribution in [3.63, 3.8) is 0 Å². The third kappa shape index (κ3) is 3.61. The average Bonchev–Trinajstić information content (AvgIpc) is 3.02. The maximum absolute atomic E-state index is 5.38. The maximum Gasteiger partial charge on any atom is 0.117 e. The Hall–Kier alpha value is -2.32. The number of hydrogen-bond acceptors (Lipinski definition) is 2. The summed E-state index contributed by atoms with van der Waals surface area (Å²) in [7, 11) is 2.10. The molecule has 0 aliphatic carbocycles. The van der Waals surface area contributed by atoms with Gasteiger partial charge in [-0.2, -0.15) is 0 Å². The van der Waals surface area contributed by atoms with Crippen LogP contribution in [0.1, 0.15) is 11.3 Å². The van der Waals surface area contributed by atoms with Gasteiger partial charge in [0.05, 0.1) is 12.8 Å². The van der Waals surface area contributed by atoms with Crippen LogP contribution in [0.3, 0.4) is 0 Å². The van der Waals surface area contributed by atoms with Crippen LogP contribution in [0.5, 0.6) is 0 Å². The summed E-state index contributed by atoms with van der Waals surface area (Å²) in [6.07, 6.45) is 1.72. The average molecular weight is 277 g/mol. The molecule has 0 fully saturated rings. The molecule has 0 amide bonds. The highest BCUT2D eigenvalue weighted by Crippen LogP contribution is 2.19.